The molecular formula is C9H19N3. The van der Waals surface area contributed by atoms with E-state index in [1.165, 1.54) is 32.7 Å². The molecule has 0 amide bonds. The van der Waals surface area contributed by atoms with Crippen molar-refractivity contribution in [2.24, 2.45) is 0 Å². The lowest BCUT2D eigenvalue weighted by molar-refractivity contribution is 0.153. The molecule has 0 aliphatic carbocycles. The average Bonchev–Trinajstić information content (AvgIpc) is 2.09. The third-order valence-corrected chi connectivity index (χ3v) is 2.39. The highest BCUT2D eigenvalue weighted by atomic mass is 15.2. The molecule has 0 unspecified atom stereocenters. The lowest BCUT2D eigenvalue weighted by Gasteiger charge is -2.32. The highest BCUT2D eigenvalue weighted by molar-refractivity contribution is 4.69. The van der Waals surface area contributed by atoms with Crippen LogP contribution in [0, 0.1) is 7.05 Å². The summed E-state index contributed by atoms with van der Waals surface area (Å²) in [7, 11) is 7.37. The summed E-state index contributed by atoms with van der Waals surface area (Å²) >= 11 is 0. The molecule has 1 fully saturated rings. The molecule has 12 heavy (non-hydrogen) atoms. The number of piperazine rings is 1. The molecule has 0 saturated carbocycles. The van der Waals surface area contributed by atoms with Crippen molar-refractivity contribution in [3.05, 3.63) is 7.05 Å². The topological polar surface area (TPSA) is 18.5 Å². The Kier molecular flexibility index (Phi) is 4.58. The van der Waals surface area contributed by atoms with Gasteiger partial charge in [-0.25, -0.2) is 0 Å². The van der Waals surface area contributed by atoms with Gasteiger partial charge in [0.1, 0.15) is 0 Å². The molecule has 0 bridgehead atoms. The van der Waals surface area contributed by atoms with Crippen molar-refractivity contribution in [2.75, 3.05) is 46.3 Å². The Morgan fingerprint density at radius 1 is 1.25 bits per heavy atom. The Morgan fingerprint density at radius 2 is 1.92 bits per heavy atom. The van der Waals surface area contributed by atoms with Gasteiger partial charge in [0.15, 0.2) is 0 Å². The fraction of sp³-hybridized carbons (Fsp3) is 0.889. The van der Waals surface area contributed by atoms with Gasteiger partial charge in [-0.2, -0.15) is 0 Å². The Labute approximate surface area is 75.7 Å². The van der Waals surface area contributed by atoms with Crippen molar-refractivity contribution in [1.82, 2.24) is 15.1 Å². The summed E-state index contributed by atoms with van der Waals surface area (Å²) in [6, 6.07) is 0. The second kappa shape index (κ2) is 5.51. The van der Waals surface area contributed by atoms with Crippen LogP contribution in [0.3, 0.4) is 0 Å². The minimum absolute atomic E-state index is 0.923. The fourth-order valence-electron chi connectivity index (χ4n) is 1.48. The molecule has 0 aromatic rings. The maximum atomic E-state index is 5.19. The molecule has 0 aromatic carbocycles. The zero-order valence-corrected chi connectivity index (χ0v) is 7.92. The quantitative estimate of drug-likeness (QED) is 0.468. The number of hydrogen-bond acceptors (Lipinski definition) is 3. The lowest BCUT2D eigenvalue weighted by atomic mass is 10.3. The summed E-state index contributed by atoms with van der Waals surface area (Å²) in [6.07, 6.45) is 1.15. The molecule has 1 saturated heterocycles. The third-order valence-electron chi connectivity index (χ3n) is 2.39. The second-order valence-electron chi connectivity index (χ2n) is 3.45. The van der Waals surface area contributed by atoms with Crippen LogP contribution in [0.25, 0.3) is 0 Å². The van der Waals surface area contributed by atoms with Crippen LogP contribution < -0.4 is 5.32 Å². The van der Waals surface area contributed by atoms with Crippen molar-refractivity contribution in [3.63, 3.8) is 0 Å². The second-order valence-corrected chi connectivity index (χ2v) is 3.45. The Bertz CT molecular complexity index is 108. The van der Waals surface area contributed by atoms with Gasteiger partial charge in [-0.3, -0.25) is 0 Å². The summed E-state index contributed by atoms with van der Waals surface area (Å²) < 4.78 is 0. The molecule has 70 valence electrons. The average molecular weight is 169 g/mol. The van der Waals surface area contributed by atoms with E-state index >= 15 is 0 Å². The van der Waals surface area contributed by atoms with Gasteiger partial charge in [0.2, 0.25) is 0 Å². The lowest BCUT2D eigenvalue weighted by Crippen LogP contribution is -2.44. The van der Waals surface area contributed by atoms with Crippen LogP contribution in [-0.4, -0.2) is 56.1 Å². The minimum atomic E-state index is 0.923. The van der Waals surface area contributed by atoms with E-state index in [9.17, 15) is 0 Å². The van der Waals surface area contributed by atoms with E-state index in [-0.39, 0.29) is 0 Å². The van der Waals surface area contributed by atoms with Gasteiger partial charge in [0, 0.05) is 33.2 Å². The molecule has 0 aromatic heterocycles. The van der Waals surface area contributed by atoms with Crippen LogP contribution in [0.2, 0.25) is 0 Å². The van der Waals surface area contributed by atoms with Crippen molar-refractivity contribution in [3.8, 4) is 0 Å². The first-order valence-electron chi connectivity index (χ1n) is 4.67. The van der Waals surface area contributed by atoms with Crippen LogP contribution in [-0.2, 0) is 0 Å². The van der Waals surface area contributed by atoms with E-state index in [1.54, 1.807) is 0 Å². The standard InChI is InChI=1S/C9H19N3/c1-10-4-3-5-12-8-6-11(2)7-9-12/h1,10H,3-9H2,2H3. The maximum Gasteiger partial charge on any atom is 0.0407 e. The Morgan fingerprint density at radius 3 is 2.50 bits per heavy atom. The molecule has 0 spiro atoms. The van der Waals surface area contributed by atoms with E-state index in [1.807, 2.05) is 0 Å². The first kappa shape index (κ1) is 9.96. The van der Waals surface area contributed by atoms with E-state index in [0.29, 0.717) is 0 Å². The van der Waals surface area contributed by atoms with Crippen molar-refractivity contribution < 1.29 is 0 Å². The first-order valence-corrected chi connectivity index (χ1v) is 4.67. The van der Waals surface area contributed by atoms with E-state index < -0.39 is 0 Å². The van der Waals surface area contributed by atoms with Crippen LogP contribution >= 0.6 is 0 Å². The van der Waals surface area contributed by atoms with E-state index in [0.717, 1.165) is 13.0 Å². The third kappa shape index (κ3) is 3.52. The van der Waals surface area contributed by atoms with Gasteiger partial charge in [-0.05, 0) is 26.6 Å². The minimum Gasteiger partial charge on any atom is -0.311 e. The molecular weight excluding hydrogens is 150 g/mol. The number of nitrogens with one attached hydrogen (secondary N) is 1. The SMILES string of the molecule is [CH]NCCCN1CCN(C)CC1. The molecule has 0 atom stereocenters. The van der Waals surface area contributed by atoms with E-state index in [2.05, 4.69) is 22.2 Å². The smallest absolute Gasteiger partial charge is 0.0407 e. The summed E-state index contributed by atoms with van der Waals surface area (Å²) in [5.74, 6) is 0. The molecule has 1 aliphatic heterocycles. The van der Waals surface area contributed by atoms with Crippen molar-refractivity contribution in [2.45, 2.75) is 6.42 Å². The van der Waals surface area contributed by atoms with Crippen LogP contribution in [0.5, 0.6) is 0 Å². The fourth-order valence-corrected chi connectivity index (χ4v) is 1.48. The number of hydrogen-bond donors (Lipinski definition) is 1. The molecule has 1 N–H and O–H groups in total. The van der Waals surface area contributed by atoms with Gasteiger partial charge < -0.3 is 15.1 Å². The largest absolute Gasteiger partial charge is 0.311 e. The normalized spacial score (nSPS) is 21.5. The summed E-state index contributed by atoms with van der Waals surface area (Å²) in [5, 5.41) is 2.68. The molecule has 2 radical (unpaired) electrons. The highest BCUT2D eigenvalue weighted by Gasteiger charge is 2.12. The summed E-state index contributed by atoms with van der Waals surface area (Å²) in [5.41, 5.74) is 0. The zero-order valence-electron chi connectivity index (χ0n) is 7.92. The van der Waals surface area contributed by atoms with Gasteiger partial charge >= 0.3 is 0 Å². The molecule has 1 rings (SSSR count). The van der Waals surface area contributed by atoms with Crippen LogP contribution in [0.4, 0.5) is 0 Å². The van der Waals surface area contributed by atoms with Gasteiger partial charge in [0.05, 0.1) is 0 Å². The number of rotatable bonds is 4. The van der Waals surface area contributed by atoms with Crippen molar-refractivity contribution >= 4 is 0 Å². The summed E-state index contributed by atoms with van der Waals surface area (Å²) in [4.78, 5) is 4.87. The van der Waals surface area contributed by atoms with E-state index in [4.69, 9.17) is 7.05 Å². The number of nitrogens with zero attached hydrogens (tertiary/aromatic N) is 2. The van der Waals surface area contributed by atoms with Crippen molar-refractivity contribution in [1.29, 1.82) is 0 Å². The molecule has 3 heteroatoms. The van der Waals surface area contributed by atoms with Gasteiger partial charge in [-0.1, -0.05) is 0 Å². The molecule has 3 nitrogen and oxygen atoms in total. The van der Waals surface area contributed by atoms with Gasteiger partial charge in [0.25, 0.3) is 0 Å². The Hall–Kier alpha value is -0.120. The molecule has 1 aliphatic rings. The van der Waals surface area contributed by atoms with Crippen LogP contribution in [0.15, 0.2) is 0 Å². The summed E-state index contributed by atoms with van der Waals surface area (Å²) in [6.45, 7) is 6.93. The monoisotopic (exact) mass is 169 g/mol. The predicted molar refractivity (Wildman–Crippen MR) is 50.9 cm³/mol. The zero-order chi connectivity index (χ0) is 8.81. The first-order chi connectivity index (χ1) is 5.83. The number of likely N-dealkylation sites (N-methyl/N-ethyl adjacent to an activating group) is 1. The maximum absolute atomic E-state index is 5.19. The predicted octanol–water partition coefficient (Wildman–Crippen LogP) is -0.118. The molecule has 1 heterocycles. The van der Waals surface area contributed by atoms with Gasteiger partial charge in [-0.15, -0.1) is 0 Å². The van der Waals surface area contributed by atoms with Crippen LogP contribution in [0.1, 0.15) is 6.42 Å². The Balaban J connectivity index is 2.01. The highest BCUT2D eigenvalue weighted by Crippen LogP contribution is 1.99.